The van der Waals surface area contributed by atoms with Crippen molar-refractivity contribution < 1.29 is 9.18 Å². The Morgan fingerprint density at radius 3 is 2.80 bits per heavy atom. The average Bonchev–Trinajstić information content (AvgIpc) is 2.72. The molecule has 2 heterocycles. The van der Waals surface area contributed by atoms with Gasteiger partial charge in [0.25, 0.3) is 0 Å². The summed E-state index contributed by atoms with van der Waals surface area (Å²) in [4.78, 5) is 18.6. The molecule has 7 nitrogen and oxygen atoms in total. The number of hydrazone groups is 1. The number of hydrogen-bond acceptors (Lipinski definition) is 6. The van der Waals surface area contributed by atoms with Gasteiger partial charge in [0.15, 0.2) is 0 Å². The van der Waals surface area contributed by atoms with Gasteiger partial charge in [-0.3, -0.25) is 9.80 Å². The Balaban J connectivity index is 1.68. The van der Waals surface area contributed by atoms with E-state index < -0.39 is 0 Å². The molecule has 1 unspecified atom stereocenters. The van der Waals surface area contributed by atoms with E-state index in [9.17, 15) is 9.18 Å². The van der Waals surface area contributed by atoms with Crippen LogP contribution in [0.15, 0.2) is 47.2 Å². The maximum atomic E-state index is 13.1. The predicted molar refractivity (Wildman–Crippen MR) is 119 cm³/mol. The largest absolute Gasteiger partial charge is 0.366 e. The SMILES string of the molecule is C=NN(/C=C(\C)CNc1cc2c(c(C)n1)NC(=O)C(C)N2C)Cc1ccc(F)cc1. The fourth-order valence-electron chi connectivity index (χ4n) is 3.23. The van der Waals surface area contributed by atoms with Crippen molar-refractivity contribution in [3.63, 3.8) is 0 Å². The van der Waals surface area contributed by atoms with Crippen LogP contribution in [-0.4, -0.2) is 42.3 Å². The fraction of sp³-hybridized carbons (Fsp3) is 0.318. The zero-order valence-electron chi connectivity index (χ0n) is 17.7. The molecule has 1 aliphatic heterocycles. The molecule has 2 aromatic rings. The molecule has 1 aliphatic rings. The molecule has 30 heavy (non-hydrogen) atoms. The first-order valence-corrected chi connectivity index (χ1v) is 9.72. The Bertz CT molecular complexity index is 972. The number of amides is 1. The number of likely N-dealkylation sites (N-methyl/N-ethyl adjacent to an activating group) is 1. The second kappa shape index (κ2) is 8.94. The highest BCUT2D eigenvalue weighted by molar-refractivity contribution is 6.04. The smallest absolute Gasteiger partial charge is 0.246 e. The number of fused-ring (bicyclic) bond motifs is 1. The Kier molecular flexibility index (Phi) is 6.34. The van der Waals surface area contributed by atoms with Crippen LogP contribution >= 0.6 is 0 Å². The minimum atomic E-state index is -0.264. The maximum absolute atomic E-state index is 13.1. The molecule has 1 amide bonds. The molecule has 0 radical (unpaired) electrons. The molecule has 158 valence electrons. The van der Waals surface area contributed by atoms with Crippen molar-refractivity contribution in [1.82, 2.24) is 9.99 Å². The van der Waals surface area contributed by atoms with Crippen LogP contribution in [0, 0.1) is 12.7 Å². The van der Waals surface area contributed by atoms with Gasteiger partial charge in [-0.25, -0.2) is 9.37 Å². The Morgan fingerprint density at radius 2 is 2.13 bits per heavy atom. The number of benzene rings is 1. The number of aryl methyl sites for hydroxylation is 1. The molecule has 0 bridgehead atoms. The van der Waals surface area contributed by atoms with Crippen molar-refractivity contribution in [2.75, 3.05) is 29.1 Å². The number of nitrogens with zero attached hydrogens (tertiary/aromatic N) is 4. The summed E-state index contributed by atoms with van der Waals surface area (Å²) in [6, 6.07) is 8.01. The van der Waals surface area contributed by atoms with E-state index in [1.165, 1.54) is 12.1 Å². The molecule has 1 aromatic heterocycles. The minimum absolute atomic E-state index is 0.0347. The van der Waals surface area contributed by atoms with Gasteiger partial charge in [-0.1, -0.05) is 12.1 Å². The Morgan fingerprint density at radius 1 is 1.43 bits per heavy atom. The summed E-state index contributed by atoms with van der Waals surface area (Å²) in [6.07, 6.45) is 1.89. The second-order valence-corrected chi connectivity index (χ2v) is 7.46. The van der Waals surface area contributed by atoms with Gasteiger partial charge in [-0.05, 0) is 44.0 Å². The van der Waals surface area contributed by atoms with Gasteiger partial charge in [0.1, 0.15) is 17.7 Å². The van der Waals surface area contributed by atoms with E-state index in [1.54, 1.807) is 17.1 Å². The number of carbonyl (C=O) groups is 1. The van der Waals surface area contributed by atoms with Crippen molar-refractivity contribution in [3.05, 3.63) is 59.2 Å². The number of aromatic nitrogens is 1. The summed E-state index contributed by atoms with van der Waals surface area (Å²) in [6.45, 7) is 10.4. The highest BCUT2D eigenvalue weighted by atomic mass is 19.1. The van der Waals surface area contributed by atoms with Gasteiger partial charge in [-0.15, -0.1) is 0 Å². The van der Waals surface area contributed by atoms with Gasteiger partial charge >= 0.3 is 0 Å². The zero-order valence-corrected chi connectivity index (χ0v) is 17.7. The van der Waals surface area contributed by atoms with Crippen molar-refractivity contribution in [2.24, 2.45) is 5.10 Å². The van der Waals surface area contributed by atoms with E-state index in [0.29, 0.717) is 13.1 Å². The standard InChI is InChI=1S/C22H27FN6O/c1-14(12-29(24-4)13-17-6-8-18(23)9-7-17)11-25-20-10-19-21(15(2)26-20)27-22(30)16(3)28(19)5/h6-10,12,16H,4,11,13H2,1-3,5H3,(H,25,26)(H,27,30)/b14-12+. The van der Waals surface area contributed by atoms with Gasteiger partial charge in [0.2, 0.25) is 5.91 Å². The van der Waals surface area contributed by atoms with E-state index >= 15 is 0 Å². The minimum Gasteiger partial charge on any atom is -0.366 e. The van der Waals surface area contributed by atoms with Gasteiger partial charge < -0.3 is 15.5 Å². The fourth-order valence-corrected chi connectivity index (χ4v) is 3.23. The second-order valence-electron chi connectivity index (χ2n) is 7.46. The highest BCUT2D eigenvalue weighted by Gasteiger charge is 2.28. The average molecular weight is 410 g/mol. The molecular weight excluding hydrogens is 383 g/mol. The van der Waals surface area contributed by atoms with Crippen LogP contribution in [0.2, 0.25) is 0 Å². The molecule has 2 N–H and O–H groups in total. The zero-order chi connectivity index (χ0) is 21.8. The third-order valence-electron chi connectivity index (χ3n) is 5.13. The van der Waals surface area contributed by atoms with Crippen LogP contribution in [0.1, 0.15) is 25.1 Å². The van der Waals surface area contributed by atoms with Crippen LogP contribution in [0.5, 0.6) is 0 Å². The number of rotatable bonds is 7. The number of nitrogens with one attached hydrogen (secondary N) is 2. The molecule has 1 aromatic carbocycles. The first kappa shape index (κ1) is 21.3. The van der Waals surface area contributed by atoms with Crippen molar-refractivity contribution in [2.45, 2.75) is 33.4 Å². The molecule has 0 saturated carbocycles. The third kappa shape index (κ3) is 4.76. The summed E-state index contributed by atoms with van der Waals surface area (Å²) in [7, 11) is 1.90. The topological polar surface area (TPSA) is 72.9 Å². The number of anilines is 3. The number of halogens is 1. The molecular formula is C22H27FN6O. The van der Waals surface area contributed by atoms with Crippen molar-refractivity contribution in [1.29, 1.82) is 0 Å². The normalized spacial score (nSPS) is 16.0. The van der Waals surface area contributed by atoms with Crippen LogP contribution in [-0.2, 0) is 11.3 Å². The lowest BCUT2D eigenvalue weighted by atomic mass is 10.1. The van der Waals surface area contributed by atoms with E-state index in [-0.39, 0.29) is 17.8 Å². The molecule has 1 atom stereocenters. The molecule has 0 saturated heterocycles. The van der Waals surface area contributed by atoms with E-state index in [0.717, 1.165) is 34.0 Å². The molecule has 0 aliphatic carbocycles. The van der Waals surface area contributed by atoms with Crippen LogP contribution in [0.4, 0.5) is 21.6 Å². The maximum Gasteiger partial charge on any atom is 0.246 e. The molecule has 0 spiro atoms. The molecule has 0 fully saturated rings. The summed E-state index contributed by atoms with van der Waals surface area (Å²) in [5.41, 5.74) is 4.40. The summed E-state index contributed by atoms with van der Waals surface area (Å²) >= 11 is 0. The summed E-state index contributed by atoms with van der Waals surface area (Å²) in [5.74, 6) is 0.429. The third-order valence-corrected chi connectivity index (χ3v) is 5.13. The van der Waals surface area contributed by atoms with Crippen LogP contribution < -0.4 is 15.5 Å². The first-order chi connectivity index (χ1) is 14.3. The van der Waals surface area contributed by atoms with Gasteiger partial charge in [-0.2, -0.15) is 5.10 Å². The molecule has 8 heteroatoms. The number of carbonyl (C=O) groups excluding carboxylic acids is 1. The van der Waals surface area contributed by atoms with Crippen LogP contribution in [0.25, 0.3) is 0 Å². The Labute approximate surface area is 176 Å². The Hall–Kier alpha value is -3.42. The van der Waals surface area contributed by atoms with Gasteiger partial charge in [0.05, 0.1) is 23.6 Å². The quantitative estimate of drug-likeness (QED) is 0.537. The number of pyridine rings is 1. The van der Waals surface area contributed by atoms with Gasteiger partial charge in [0, 0.05) is 32.6 Å². The monoisotopic (exact) mass is 410 g/mol. The lowest BCUT2D eigenvalue weighted by molar-refractivity contribution is -0.117. The first-order valence-electron chi connectivity index (χ1n) is 9.72. The summed E-state index contributed by atoms with van der Waals surface area (Å²) < 4.78 is 13.1. The lowest BCUT2D eigenvalue weighted by Crippen LogP contribution is -2.44. The van der Waals surface area contributed by atoms with Crippen LogP contribution in [0.3, 0.4) is 0 Å². The summed E-state index contributed by atoms with van der Waals surface area (Å²) in [5, 5.41) is 12.0. The predicted octanol–water partition coefficient (Wildman–Crippen LogP) is 3.74. The molecule has 3 rings (SSSR count). The highest BCUT2D eigenvalue weighted by Crippen LogP contribution is 2.34. The van der Waals surface area contributed by atoms with Crippen molar-refractivity contribution in [3.8, 4) is 0 Å². The van der Waals surface area contributed by atoms with E-state index in [2.05, 4.69) is 27.4 Å². The lowest BCUT2D eigenvalue weighted by Gasteiger charge is -2.34. The van der Waals surface area contributed by atoms with E-state index in [1.807, 2.05) is 45.0 Å². The number of hydrogen-bond donors (Lipinski definition) is 2. The van der Waals surface area contributed by atoms with Crippen molar-refractivity contribution >= 4 is 29.8 Å². The van der Waals surface area contributed by atoms with E-state index in [4.69, 9.17) is 0 Å².